The number of esters is 1. The number of ether oxygens (including phenoxy) is 1. The highest BCUT2D eigenvalue weighted by atomic mass is 35.5. The third-order valence-electron chi connectivity index (χ3n) is 4.12. The molecule has 30 heavy (non-hydrogen) atoms. The van der Waals surface area contributed by atoms with Crippen LogP contribution in [0.15, 0.2) is 72.7 Å². The molecule has 0 aromatic heterocycles. The van der Waals surface area contributed by atoms with Crippen LogP contribution < -0.4 is 10.6 Å². The molecule has 3 aromatic carbocycles. The van der Waals surface area contributed by atoms with Gasteiger partial charge in [-0.2, -0.15) is 0 Å². The van der Waals surface area contributed by atoms with Crippen molar-refractivity contribution in [1.82, 2.24) is 5.31 Å². The van der Waals surface area contributed by atoms with E-state index in [1.165, 1.54) is 7.11 Å². The number of nitrogens with one attached hydrogen (secondary N) is 2. The number of methoxy groups -OCH3 is 1. The van der Waals surface area contributed by atoms with Gasteiger partial charge < -0.3 is 20.5 Å². The fourth-order valence-corrected chi connectivity index (χ4v) is 2.84. The van der Waals surface area contributed by atoms with Crippen LogP contribution in [0.4, 0.5) is 5.69 Å². The van der Waals surface area contributed by atoms with Crippen LogP contribution in [0.2, 0.25) is 6.43 Å². The van der Waals surface area contributed by atoms with E-state index in [-0.39, 0.29) is 13.1 Å². The Hall–Kier alpha value is -2.86. The van der Waals surface area contributed by atoms with Gasteiger partial charge in [0.2, 0.25) is 0 Å². The molecule has 0 unspecified atom stereocenters. The first-order valence-electron chi connectivity index (χ1n) is 12.5. The molecule has 0 fully saturated rings. The Morgan fingerprint density at radius 2 is 2.03 bits per heavy atom. The number of carbonyl (C=O) groups excluding carboxylic acids is 1. The average molecular weight is 432 g/mol. The number of halogens is 1. The Kier molecular flexibility index (Phi) is 5.10. The summed E-state index contributed by atoms with van der Waals surface area (Å²) in [6, 6.07) is 13.4. The lowest BCUT2D eigenvalue weighted by molar-refractivity contribution is 0.0601. The van der Waals surface area contributed by atoms with Crippen molar-refractivity contribution in [3.63, 3.8) is 0 Å². The monoisotopic (exact) mass is 431 g/mol. The largest absolute Gasteiger partial charge is 0.465 e. The standard InChI is InChI=1S/C24H25ClN2O3/c1-30-24(29)20-8-2-5-17(13-20)18-6-4-10-22(15-18)27-12-11-26-16-23(28)19-7-3-9-21(25)14-19/h2-10,13-15,23,26-28H,11-12,16H2,1H3/t23-/m0/s1/i3D,9D,14D,16D2,23D/hD. The van der Waals surface area contributed by atoms with Gasteiger partial charge in [-0.3, -0.25) is 0 Å². The molecule has 0 spiro atoms. The summed E-state index contributed by atoms with van der Waals surface area (Å²) in [6.07, 6.45) is -3.12. The molecular formula is C24H25ClN2O3. The SMILES string of the molecule is [2H]c1cc([C@@]([2H])(O)C([2H])([2H])N([2H])CCNc2cccc(-c3cccc(C(=O)OC)c3)c2)c([2H])c(Cl)c1[2H]. The quantitative estimate of drug-likeness (QED) is 0.434. The van der Waals surface area contributed by atoms with Gasteiger partial charge >= 0.3 is 5.97 Å². The van der Waals surface area contributed by atoms with E-state index in [2.05, 4.69) is 5.32 Å². The third-order valence-corrected chi connectivity index (χ3v) is 4.30. The number of hydrogen-bond acceptors (Lipinski definition) is 5. The fraction of sp³-hybridized carbons (Fsp3) is 0.208. The maximum atomic E-state index is 11.8. The second-order valence-electron chi connectivity index (χ2n) is 6.19. The first kappa shape index (κ1) is 14.2. The lowest BCUT2D eigenvalue weighted by Crippen LogP contribution is -2.26. The Bertz CT molecular complexity index is 1310. The van der Waals surface area contributed by atoms with Crippen LogP contribution in [0.3, 0.4) is 0 Å². The Labute approximate surface area is 191 Å². The first-order chi connectivity index (χ1) is 17.3. The highest BCUT2D eigenvalue weighted by Gasteiger charge is 2.08. The minimum atomic E-state index is -3.12. The van der Waals surface area contributed by atoms with E-state index in [0.717, 1.165) is 17.2 Å². The van der Waals surface area contributed by atoms with E-state index >= 15 is 0 Å². The summed E-state index contributed by atoms with van der Waals surface area (Å²) < 4.78 is 61.0. The van der Waals surface area contributed by atoms with Crippen LogP contribution in [0.1, 0.15) is 30.2 Å². The van der Waals surface area contributed by atoms with Crippen LogP contribution in [0, 0.1) is 0 Å². The molecule has 0 aliphatic carbocycles. The van der Waals surface area contributed by atoms with E-state index in [0.29, 0.717) is 16.6 Å². The smallest absolute Gasteiger partial charge is 0.337 e. The van der Waals surface area contributed by atoms with Gasteiger partial charge in [-0.05, 0) is 53.0 Å². The molecule has 3 rings (SSSR count). The van der Waals surface area contributed by atoms with Gasteiger partial charge in [-0.1, -0.05) is 48.0 Å². The van der Waals surface area contributed by atoms with Gasteiger partial charge in [0, 0.05) is 33.0 Å². The molecule has 1 atom stereocenters. The number of hydrogen-bond donors (Lipinski definition) is 3. The van der Waals surface area contributed by atoms with Gasteiger partial charge in [-0.25, -0.2) is 4.79 Å². The maximum absolute atomic E-state index is 11.8. The summed E-state index contributed by atoms with van der Waals surface area (Å²) >= 11 is 5.86. The number of anilines is 1. The summed E-state index contributed by atoms with van der Waals surface area (Å²) in [5.41, 5.74) is 2.02. The zero-order chi connectivity index (χ0) is 27.5. The third kappa shape index (κ3) is 6.07. The van der Waals surface area contributed by atoms with Crippen molar-refractivity contribution in [3.05, 3.63) is 88.9 Å². The molecule has 0 bridgehead atoms. The molecule has 6 heteroatoms. The molecule has 0 aliphatic heterocycles. The lowest BCUT2D eigenvalue weighted by Gasteiger charge is -2.13. The summed E-state index contributed by atoms with van der Waals surface area (Å²) in [4.78, 5) is 11.8. The maximum Gasteiger partial charge on any atom is 0.337 e. The van der Waals surface area contributed by atoms with Crippen LogP contribution >= 0.6 is 11.6 Å². The average Bonchev–Trinajstić information content (AvgIpc) is 2.88. The van der Waals surface area contributed by atoms with Gasteiger partial charge in [-0.15, -0.1) is 0 Å². The van der Waals surface area contributed by atoms with Crippen molar-refractivity contribution < 1.29 is 24.3 Å². The summed E-state index contributed by atoms with van der Waals surface area (Å²) in [7, 11) is 1.31. The Morgan fingerprint density at radius 3 is 2.83 bits per heavy atom. The van der Waals surface area contributed by atoms with Crippen LogP contribution in [0.5, 0.6) is 0 Å². The van der Waals surface area contributed by atoms with Gasteiger partial charge in [0.1, 0.15) is 1.41 Å². The number of aliphatic hydroxyl groups is 1. The van der Waals surface area contributed by atoms with Crippen LogP contribution in [0.25, 0.3) is 11.1 Å². The number of carbonyl (C=O) groups is 1. The van der Waals surface area contributed by atoms with Crippen molar-refractivity contribution in [3.8, 4) is 11.1 Å². The summed E-state index contributed by atoms with van der Waals surface area (Å²) in [5.74, 6) is -0.454. The topological polar surface area (TPSA) is 70.6 Å². The second kappa shape index (κ2) is 10.8. The molecule has 0 heterocycles. The molecule has 0 aliphatic rings. The zero-order valence-electron chi connectivity index (χ0n) is 23.2. The Morgan fingerprint density at radius 1 is 1.27 bits per heavy atom. The highest BCUT2D eigenvalue weighted by Crippen LogP contribution is 2.24. The molecule has 0 saturated carbocycles. The van der Waals surface area contributed by atoms with Crippen molar-refractivity contribution in [2.75, 3.05) is 32.0 Å². The second-order valence-corrected chi connectivity index (χ2v) is 6.57. The minimum absolute atomic E-state index is 0.0641. The van der Waals surface area contributed by atoms with Crippen molar-refractivity contribution in [2.45, 2.75) is 6.08 Å². The summed E-state index contributed by atoms with van der Waals surface area (Å²) in [5, 5.41) is 13.7. The Balaban J connectivity index is 1.72. The molecule has 3 N–H and O–H groups in total. The van der Waals surface area contributed by atoms with Crippen molar-refractivity contribution in [2.24, 2.45) is 0 Å². The molecule has 5 nitrogen and oxygen atoms in total. The first-order valence-corrected chi connectivity index (χ1v) is 9.47. The fourth-order valence-electron chi connectivity index (χ4n) is 2.68. The van der Waals surface area contributed by atoms with Gasteiger partial charge in [0.25, 0.3) is 0 Å². The van der Waals surface area contributed by atoms with E-state index in [1.54, 1.807) is 30.3 Å². The normalized spacial score (nSPS) is 16.7. The van der Waals surface area contributed by atoms with Crippen molar-refractivity contribution >= 4 is 23.3 Å². The van der Waals surface area contributed by atoms with E-state index < -0.39 is 47.3 Å². The van der Waals surface area contributed by atoms with Gasteiger partial charge in [0.05, 0.1) is 24.2 Å². The lowest BCUT2D eigenvalue weighted by atomic mass is 10.0. The predicted molar refractivity (Wildman–Crippen MR) is 121 cm³/mol. The molecule has 3 aromatic rings. The molecule has 156 valence electrons. The van der Waals surface area contributed by atoms with E-state index in [1.807, 2.05) is 18.2 Å². The minimum Gasteiger partial charge on any atom is -0.465 e. The molecule has 0 amide bonds. The van der Waals surface area contributed by atoms with Crippen LogP contribution in [-0.2, 0) is 4.74 Å². The predicted octanol–water partition coefficient (Wildman–Crippen LogP) is 4.53. The molecule has 0 radical (unpaired) electrons. The number of rotatable bonds is 9. The van der Waals surface area contributed by atoms with Gasteiger partial charge in [0.15, 0.2) is 0 Å². The zero-order valence-corrected chi connectivity index (χ0v) is 17.0. The summed E-state index contributed by atoms with van der Waals surface area (Å²) in [6.45, 7) is -3.20. The molecular weight excluding hydrogens is 400 g/mol. The van der Waals surface area contributed by atoms with Crippen LogP contribution in [-0.4, -0.2) is 37.8 Å². The van der Waals surface area contributed by atoms with E-state index in [4.69, 9.17) is 26.0 Å². The van der Waals surface area contributed by atoms with Crippen molar-refractivity contribution in [1.29, 1.82) is 0 Å². The number of benzene rings is 3. The molecule has 0 saturated heterocycles. The van der Waals surface area contributed by atoms with E-state index in [9.17, 15) is 9.90 Å². The highest BCUT2D eigenvalue weighted by molar-refractivity contribution is 6.30.